The number of rotatable bonds is 4. The highest BCUT2D eigenvalue weighted by Crippen LogP contribution is 2.22. The largest absolute Gasteiger partial charge is 0.370 e. The van der Waals surface area contributed by atoms with Gasteiger partial charge in [-0.1, -0.05) is 18.2 Å². The average Bonchev–Trinajstić information content (AvgIpc) is 2.80. The number of hydrogen-bond acceptors (Lipinski definition) is 3. The lowest BCUT2D eigenvalue weighted by molar-refractivity contribution is -0.908. The lowest BCUT2D eigenvalue weighted by Gasteiger charge is -2.23. The number of para-hydroxylation sites is 1. The van der Waals surface area contributed by atoms with Gasteiger partial charge >= 0.3 is 0 Å². The van der Waals surface area contributed by atoms with Crippen LogP contribution in [-0.2, 0) is 9.53 Å². The van der Waals surface area contributed by atoms with Crippen molar-refractivity contribution in [3.63, 3.8) is 0 Å². The minimum Gasteiger partial charge on any atom is -0.370 e. The summed E-state index contributed by atoms with van der Waals surface area (Å²) in [5.41, 5.74) is 2.38. The van der Waals surface area contributed by atoms with E-state index in [0.717, 1.165) is 50.5 Å². The molecule has 0 atom stereocenters. The highest BCUT2D eigenvalue weighted by atomic mass is 16.5. The summed E-state index contributed by atoms with van der Waals surface area (Å²) in [5.74, 6) is -0.0788. The smallest absolute Gasteiger partial charge is 0.274 e. The van der Waals surface area contributed by atoms with Gasteiger partial charge in [0.25, 0.3) is 5.91 Å². The van der Waals surface area contributed by atoms with Gasteiger partial charge in [-0.3, -0.25) is 9.79 Å². The molecule has 5 heteroatoms. The molecule has 1 amide bonds. The van der Waals surface area contributed by atoms with Crippen LogP contribution in [0.3, 0.4) is 0 Å². The number of amides is 1. The van der Waals surface area contributed by atoms with Gasteiger partial charge in [0.15, 0.2) is 0 Å². The third-order valence-corrected chi connectivity index (χ3v) is 3.80. The zero-order chi connectivity index (χ0) is 13.8. The Kier molecular flexibility index (Phi) is 4.08. The van der Waals surface area contributed by atoms with E-state index in [2.05, 4.69) is 10.3 Å². The molecule has 2 heterocycles. The lowest BCUT2D eigenvalue weighted by Crippen LogP contribution is -3.14. The van der Waals surface area contributed by atoms with Crippen molar-refractivity contribution < 1.29 is 14.4 Å². The molecule has 1 aromatic carbocycles. The summed E-state index contributed by atoms with van der Waals surface area (Å²) in [6.07, 6.45) is 1.01. The second-order valence-corrected chi connectivity index (χ2v) is 5.20. The topological polar surface area (TPSA) is 55.1 Å². The molecular formula is C15H20N3O2+. The fraction of sp³-hybridized carbons (Fsp3) is 0.467. The maximum atomic E-state index is 11.9. The third kappa shape index (κ3) is 2.89. The molecule has 106 valence electrons. The van der Waals surface area contributed by atoms with Crippen LogP contribution < -0.4 is 10.2 Å². The summed E-state index contributed by atoms with van der Waals surface area (Å²) in [6.45, 7) is 5.70. The number of nitrogens with one attached hydrogen (secondary N) is 2. The Morgan fingerprint density at radius 2 is 2.05 bits per heavy atom. The molecule has 1 fully saturated rings. The van der Waals surface area contributed by atoms with E-state index in [1.54, 1.807) is 4.90 Å². The van der Waals surface area contributed by atoms with Crippen molar-refractivity contribution in [2.45, 2.75) is 6.42 Å². The Hall–Kier alpha value is -1.72. The van der Waals surface area contributed by atoms with Gasteiger partial charge in [0.2, 0.25) is 0 Å². The molecule has 1 saturated heterocycles. The summed E-state index contributed by atoms with van der Waals surface area (Å²) < 4.78 is 5.34. The van der Waals surface area contributed by atoms with Crippen LogP contribution in [0.25, 0.3) is 0 Å². The van der Waals surface area contributed by atoms with E-state index in [1.165, 1.54) is 0 Å². The van der Waals surface area contributed by atoms with E-state index >= 15 is 0 Å². The van der Waals surface area contributed by atoms with Crippen molar-refractivity contribution in [1.29, 1.82) is 0 Å². The molecule has 20 heavy (non-hydrogen) atoms. The van der Waals surface area contributed by atoms with Crippen molar-refractivity contribution in [3.05, 3.63) is 29.8 Å². The Morgan fingerprint density at radius 1 is 1.25 bits per heavy atom. The maximum Gasteiger partial charge on any atom is 0.274 e. The summed E-state index contributed by atoms with van der Waals surface area (Å²) >= 11 is 0. The summed E-state index contributed by atoms with van der Waals surface area (Å²) in [5, 5.41) is 2.85. The fourth-order valence-electron chi connectivity index (χ4n) is 2.69. The molecule has 0 radical (unpaired) electrons. The summed E-state index contributed by atoms with van der Waals surface area (Å²) in [7, 11) is 0. The van der Waals surface area contributed by atoms with Gasteiger partial charge in [0.1, 0.15) is 18.8 Å². The van der Waals surface area contributed by atoms with Gasteiger partial charge in [-0.2, -0.15) is 0 Å². The third-order valence-electron chi connectivity index (χ3n) is 3.80. The van der Waals surface area contributed by atoms with Crippen molar-refractivity contribution >= 4 is 17.3 Å². The molecule has 2 N–H and O–H groups in total. The van der Waals surface area contributed by atoms with E-state index in [4.69, 9.17) is 4.74 Å². The van der Waals surface area contributed by atoms with Crippen LogP contribution in [0.1, 0.15) is 12.0 Å². The first-order valence-corrected chi connectivity index (χ1v) is 7.21. The van der Waals surface area contributed by atoms with E-state index in [1.807, 2.05) is 24.3 Å². The number of fused-ring (bicyclic) bond motifs is 1. The fourth-order valence-corrected chi connectivity index (χ4v) is 2.69. The second kappa shape index (κ2) is 6.15. The number of hydrogen-bond donors (Lipinski definition) is 2. The Bertz CT molecular complexity index is 522. The Morgan fingerprint density at radius 3 is 2.90 bits per heavy atom. The number of anilines is 1. The minimum atomic E-state index is -0.0788. The van der Waals surface area contributed by atoms with E-state index in [-0.39, 0.29) is 5.91 Å². The van der Waals surface area contributed by atoms with Crippen molar-refractivity contribution in [2.75, 3.05) is 44.7 Å². The molecule has 1 aromatic rings. The molecule has 2 aliphatic rings. The summed E-state index contributed by atoms with van der Waals surface area (Å²) in [4.78, 5) is 17.9. The minimum absolute atomic E-state index is 0.0788. The van der Waals surface area contributed by atoms with Crippen LogP contribution in [0.5, 0.6) is 0 Å². The first-order chi connectivity index (χ1) is 9.84. The second-order valence-electron chi connectivity index (χ2n) is 5.20. The van der Waals surface area contributed by atoms with Gasteiger partial charge in [-0.25, -0.2) is 0 Å². The van der Waals surface area contributed by atoms with Crippen molar-refractivity contribution in [3.8, 4) is 0 Å². The molecular weight excluding hydrogens is 254 g/mol. The molecule has 0 bridgehead atoms. The van der Waals surface area contributed by atoms with Gasteiger partial charge in [0.05, 0.1) is 25.4 Å². The van der Waals surface area contributed by atoms with Gasteiger partial charge in [0, 0.05) is 18.5 Å². The lowest BCUT2D eigenvalue weighted by atomic mass is 10.1. The molecule has 0 aromatic heterocycles. The Balaban J connectivity index is 1.55. The quantitative estimate of drug-likeness (QED) is 0.743. The number of quaternary nitrogens is 1. The molecule has 5 nitrogen and oxygen atoms in total. The zero-order valence-corrected chi connectivity index (χ0v) is 11.5. The number of carbonyl (C=O) groups excluding carboxylic acids is 1. The van der Waals surface area contributed by atoms with Crippen LogP contribution in [0.4, 0.5) is 5.69 Å². The monoisotopic (exact) mass is 274 g/mol. The molecule has 0 aliphatic carbocycles. The van der Waals surface area contributed by atoms with Gasteiger partial charge < -0.3 is 15.0 Å². The predicted octanol–water partition coefficient (Wildman–Crippen LogP) is -0.267. The van der Waals surface area contributed by atoms with Crippen LogP contribution in [0.15, 0.2) is 29.3 Å². The normalized spacial score (nSPS) is 21.0. The summed E-state index contributed by atoms with van der Waals surface area (Å²) in [6, 6.07) is 7.71. The number of nitrogens with zero attached hydrogens (tertiary/aromatic N) is 1. The molecule has 0 spiro atoms. The standard InChI is InChI=1S/C15H19N3O2/c19-15-14(12-4-1-2-5-13(12)17-15)16-6-3-7-18-8-10-20-11-9-18/h1-2,4-5H,3,6-11H2,(H,16,17,19)/p+1. The van der Waals surface area contributed by atoms with Crippen LogP contribution in [0.2, 0.25) is 0 Å². The molecule has 0 unspecified atom stereocenters. The number of benzene rings is 1. The van der Waals surface area contributed by atoms with Crippen molar-refractivity contribution in [2.24, 2.45) is 4.99 Å². The number of carbonyl (C=O) groups is 1. The van der Waals surface area contributed by atoms with Gasteiger partial charge in [-0.05, 0) is 6.07 Å². The van der Waals surface area contributed by atoms with E-state index in [0.29, 0.717) is 12.3 Å². The number of aliphatic imine (C=N–C) groups is 1. The maximum absolute atomic E-state index is 11.9. The Labute approximate surface area is 118 Å². The molecule has 0 saturated carbocycles. The number of morpholine rings is 1. The van der Waals surface area contributed by atoms with E-state index in [9.17, 15) is 4.79 Å². The molecule has 2 aliphatic heterocycles. The van der Waals surface area contributed by atoms with Crippen LogP contribution in [0, 0.1) is 0 Å². The van der Waals surface area contributed by atoms with E-state index < -0.39 is 0 Å². The highest BCUT2D eigenvalue weighted by molar-refractivity contribution is 6.53. The first kappa shape index (κ1) is 13.3. The first-order valence-electron chi connectivity index (χ1n) is 7.21. The number of ether oxygens (including phenoxy) is 1. The average molecular weight is 274 g/mol. The van der Waals surface area contributed by atoms with Crippen LogP contribution >= 0.6 is 0 Å². The molecule has 3 rings (SSSR count). The highest BCUT2D eigenvalue weighted by Gasteiger charge is 2.24. The van der Waals surface area contributed by atoms with Crippen LogP contribution in [-0.4, -0.2) is 51.0 Å². The predicted molar refractivity (Wildman–Crippen MR) is 77.5 cm³/mol. The van der Waals surface area contributed by atoms with Crippen molar-refractivity contribution in [1.82, 2.24) is 0 Å². The SMILES string of the molecule is O=C1Nc2ccccc2C1=NCCC[NH+]1CCOCC1. The zero-order valence-electron chi connectivity index (χ0n) is 11.5. The van der Waals surface area contributed by atoms with Gasteiger partial charge in [-0.15, -0.1) is 0 Å².